The summed E-state index contributed by atoms with van der Waals surface area (Å²) in [5.74, 6) is -1.17. The highest BCUT2D eigenvalue weighted by molar-refractivity contribution is 6.31. The molecule has 1 aromatic heterocycles. The molecule has 23 heavy (non-hydrogen) atoms. The Kier molecular flexibility index (Phi) is 3.85. The fourth-order valence-corrected chi connectivity index (χ4v) is 2.29. The lowest BCUT2D eigenvalue weighted by Crippen LogP contribution is -2.20. The van der Waals surface area contributed by atoms with E-state index in [1.807, 2.05) is 5.48 Å². The van der Waals surface area contributed by atoms with E-state index in [4.69, 9.17) is 17.3 Å². The van der Waals surface area contributed by atoms with Crippen molar-refractivity contribution in [2.75, 3.05) is 5.73 Å². The summed E-state index contributed by atoms with van der Waals surface area (Å²) in [5.41, 5.74) is 8.55. The average Bonchev–Trinajstić information content (AvgIpc) is 2.87. The summed E-state index contributed by atoms with van der Waals surface area (Å²) < 4.78 is 26.9. The molecule has 0 amide bonds. The van der Waals surface area contributed by atoms with Gasteiger partial charge in [-0.2, -0.15) is 0 Å². The van der Waals surface area contributed by atoms with Crippen LogP contribution in [0.1, 0.15) is 5.56 Å². The molecule has 2 aromatic carbocycles. The highest BCUT2D eigenvalue weighted by atomic mass is 35.5. The Bertz CT molecular complexity index is 925. The minimum atomic E-state index is -0.600. The van der Waals surface area contributed by atoms with Gasteiger partial charge in [0, 0.05) is 5.56 Å². The Morgan fingerprint density at radius 1 is 1.30 bits per heavy atom. The Morgan fingerprint density at radius 2 is 2.09 bits per heavy atom. The third-order valence-electron chi connectivity index (χ3n) is 3.07. The Labute approximate surface area is 133 Å². The molecule has 5 N–H and O–H groups in total. The number of hydrogen-bond donors (Lipinski definition) is 4. The molecular formula is C14H10ClF2N5O. The van der Waals surface area contributed by atoms with Crippen molar-refractivity contribution >= 4 is 40.1 Å². The van der Waals surface area contributed by atoms with Crippen LogP contribution in [0, 0.1) is 11.6 Å². The van der Waals surface area contributed by atoms with Crippen molar-refractivity contribution in [3.05, 3.63) is 52.6 Å². The lowest BCUT2D eigenvalue weighted by molar-refractivity contribution is 0.235. The summed E-state index contributed by atoms with van der Waals surface area (Å²) >= 11 is 5.69. The van der Waals surface area contributed by atoms with E-state index in [9.17, 15) is 14.0 Å². The predicted octanol–water partition coefficient (Wildman–Crippen LogP) is 3.13. The smallest absolute Gasteiger partial charge is 0.198 e. The molecule has 3 rings (SSSR count). The number of anilines is 1. The zero-order chi connectivity index (χ0) is 16.6. The number of hydrogen-bond acceptors (Lipinski definition) is 4. The van der Waals surface area contributed by atoms with Crippen molar-refractivity contribution in [2.45, 2.75) is 0 Å². The molecule has 0 aliphatic carbocycles. The number of nitrogens with one attached hydrogen (secondary N) is 2. The first-order valence-corrected chi connectivity index (χ1v) is 6.74. The third kappa shape index (κ3) is 2.94. The van der Waals surface area contributed by atoms with Gasteiger partial charge in [-0.3, -0.25) is 10.7 Å². The lowest BCUT2D eigenvalue weighted by Gasteiger charge is -2.07. The van der Waals surface area contributed by atoms with Gasteiger partial charge in [0.1, 0.15) is 17.2 Å². The first-order chi connectivity index (χ1) is 11.0. The van der Waals surface area contributed by atoms with E-state index in [0.29, 0.717) is 11.0 Å². The Morgan fingerprint density at radius 3 is 2.78 bits per heavy atom. The highest BCUT2D eigenvalue weighted by Gasteiger charge is 2.14. The number of rotatable bonds is 2. The number of hydroxylamine groups is 1. The molecule has 0 aliphatic heterocycles. The van der Waals surface area contributed by atoms with E-state index >= 15 is 0 Å². The van der Waals surface area contributed by atoms with Crippen molar-refractivity contribution in [3.63, 3.8) is 0 Å². The molecule has 6 nitrogen and oxygen atoms in total. The van der Waals surface area contributed by atoms with Gasteiger partial charge in [0.15, 0.2) is 11.8 Å². The Balaban J connectivity index is 2.17. The van der Waals surface area contributed by atoms with Crippen molar-refractivity contribution in [1.82, 2.24) is 15.4 Å². The maximum Gasteiger partial charge on any atom is 0.198 e. The average molecular weight is 338 g/mol. The number of nitrogens with two attached hydrogens (primary N) is 1. The molecule has 0 radical (unpaired) electrons. The van der Waals surface area contributed by atoms with Crippen LogP contribution in [0.25, 0.3) is 11.0 Å². The molecule has 0 bridgehead atoms. The summed E-state index contributed by atoms with van der Waals surface area (Å²) in [7, 11) is 0. The summed E-state index contributed by atoms with van der Waals surface area (Å²) in [5, 5.41) is 9.21. The molecule has 0 atom stereocenters. The quantitative estimate of drug-likeness (QED) is 0.328. The molecule has 1 heterocycles. The van der Waals surface area contributed by atoms with Gasteiger partial charge in [-0.1, -0.05) is 11.6 Å². The molecule has 9 heteroatoms. The van der Waals surface area contributed by atoms with E-state index in [2.05, 4.69) is 15.0 Å². The topological polar surface area (TPSA) is 99.3 Å². The highest BCUT2D eigenvalue weighted by Crippen LogP contribution is 2.24. The fraction of sp³-hybridized carbons (Fsp3) is 0. The van der Waals surface area contributed by atoms with Crippen LogP contribution in [0.4, 0.5) is 20.4 Å². The van der Waals surface area contributed by atoms with E-state index in [1.165, 1.54) is 18.2 Å². The van der Waals surface area contributed by atoms with Crippen LogP contribution in [0.15, 0.2) is 35.3 Å². The van der Waals surface area contributed by atoms with Gasteiger partial charge in [-0.15, -0.1) is 0 Å². The second kappa shape index (κ2) is 5.82. The normalized spacial score (nSPS) is 11.9. The number of halogens is 3. The van der Waals surface area contributed by atoms with E-state index in [-0.39, 0.29) is 28.1 Å². The van der Waals surface area contributed by atoms with Gasteiger partial charge in [0.25, 0.3) is 0 Å². The number of H-pyrrole nitrogens is 1. The lowest BCUT2D eigenvalue weighted by atomic mass is 10.1. The second-order valence-corrected chi connectivity index (χ2v) is 5.05. The minimum Gasteiger partial charge on any atom is -0.369 e. The summed E-state index contributed by atoms with van der Waals surface area (Å²) in [4.78, 5) is 10.8. The van der Waals surface area contributed by atoms with E-state index in [0.717, 1.165) is 12.1 Å². The number of amidine groups is 1. The van der Waals surface area contributed by atoms with Gasteiger partial charge in [0.05, 0.1) is 16.2 Å². The number of nitrogens with zero attached hydrogens (tertiary/aromatic N) is 2. The zero-order valence-corrected chi connectivity index (χ0v) is 12.2. The molecule has 0 aliphatic rings. The van der Waals surface area contributed by atoms with Crippen molar-refractivity contribution in [2.24, 2.45) is 4.99 Å². The maximum absolute atomic E-state index is 13.7. The van der Waals surface area contributed by atoms with Crippen LogP contribution >= 0.6 is 11.6 Å². The minimum absolute atomic E-state index is 0.0916. The molecule has 0 unspecified atom stereocenters. The van der Waals surface area contributed by atoms with Crippen LogP contribution in [0.2, 0.25) is 5.02 Å². The van der Waals surface area contributed by atoms with Gasteiger partial charge in [0.2, 0.25) is 0 Å². The maximum atomic E-state index is 13.7. The van der Waals surface area contributed by atoms with Crippen molar-refractivity contribution < 1.29 is 14.0 Å². The zero-order valence-electron chi connectivity index (χ0n) is 11.4. The first-order valence-electron chi connectivity index (χ1n) is 6.37. The number of aliphatic imine (C=N–C) groups is 1. The SMILES string of the molecule is Nc1nc2c(C(=Nc3ccc(F)c(Cl)c3)NO)cc(F)cc2[nH]1. The monoisotopic (exact) mass is 337 g/mol. The number of benzene rings is 2. The molecule has 0 fully saturated rings. The molecule has 118 valence electrons. The van der Waals surface area contributed by atoms with Crippen LogP contribution in [0.3, 0.4) is 0 Å². The second-order valence-electron chi connectivity index (χ2n) is 4.64. The van der Waals surface area contributed by atoms with Gasteiger partial charge >= 0.3 is 0 Å². The van der Waals surface area contributed by atoms with Gasteiger partial charge < -0.3 is 10.7 Å². The number of aromatic nitrogens is 2. The van der Waals surface area contributed by atoms with Crippen molar-refractivity contribution in [1.29, 1.82) is 0 Å². The van der Waals surface area contributed by atoms with Crippen LogP contribution in [-0.4, -0.2) is 21.0 Å². The van der Waals surface area contributed by atoms with E-state index in [1.54, 1.807) is 0 Å². The molecule has 0 saturated carbocycles. The van der Waals surface area contributed by atoms with Crippen molar-refractivity contribution in [3.8, 4) is 0 Å². The largest absolute Gasteiger partial charge is 0.369 e. The molecule has 3 aromatic rings. The van der Waals surface area contributed by atoms with Gasteiger partial charge in [-0.25, -0.2) is 18.8 Å². The molecule has 0 spiro atoms. The number of aromatic amines is 1. The first kappa shape index (κ1) is 15.2. The fourth-order valence-electron chi connectivity index (χ4n) is 2.11. The third-order valence-corrected chi connectivity index (χ3v) is 3.36. The number of nitrogen functional groups attached to an aromatic ring is 1. The molecular weight excluding hydrogens is 328 g/mol. The number of fused-ring (bicyclic) bond motifs is 1. The summed E-state index contributed by atoms with van der Waals surface area (Å²) in [6.45, 7) is 0. The predicted molar refractivity (Wildman–Crippen MR) is 83.0 cm³/mol. The molecule has 0 saturated heterocycles. The van der Waals surface area contributed by atoms with Crippen LogP contribution in [0.5, 0.6) is 0 Å². The number of imidazole rings is 1. The Hall–Kier alpha value is -2.71. The summed E-state index contributed by atoms with van der Waals surface area (Å²) in [6.07, 6.45) is 0. The van der Waals surface area contributed by atoms with Crippen LogP contribution in [-0.2, 0) is 0 Å². The van der Waals surface area contributed by atoms with Crippen LogP contribution < -0.4 is 11.2 Å². The standard InChI is InChI=1S/C14H10ClF2N5O/c15-9-5-7(1-2-10(9)17)19-13(22-23)8-3-6(16)4-11-12(8)21-14(18)20-11/h1-5,23H,(H,19,22)(H3,18,20,21). The van der Waals surface area contributed by atoms with E-state index < -0.39 is 11.6 Å². The summed E-state index contributed by atoms with van der Waals surface area (Å²) in [6, 6.07) is 6.10. The van der Waals surface area contributed by atoms with Gasteiger partial charge in [-0.05, 0) is 30.3 Å².